The minimum absolute atomic E-state index is 0.219. The van der Waals surface area contributed by atoms with Gasteiger partial charge < -0.3 is 19.3 Å². The first-order chi connectivity index (χ1) is 12.6. The minimum Gasteiger partial charge on any atom is -0.493 e. The molecule has 1 heterocycles. The number of ether oxygens (including phenoxy) is 2. The number of amides is 1. The summed E-state index contributed by atoms with van der Waals surface area (Å²) in [5.41, 5.74) is 1.84. The van der Waals surface area contributed by atoms with Gasteiger partial charge in [0.05, 0.1) is 26.3 Å². The monoisotopic (exact) mass is 372 g/mol. The number of hydrogen-bond acceptors (Lipinski definition) is 5. The molecule has 0 unspecified atom stereocenters. The zero-order chi connectivity index (χ0) is 18.5. The van der Waals surface area contributed by atoms with Gasteiger partial charge in [-0.3, -0.25) is 4.79 Å². The molecule has 3 aromatic rings. The number of carbonyl (C=O) groups is 1. The molecule has 0 saturated heterocycles. The van der Waals surface area contributed by atoms with E-state index in [2.05, 4.69) is 10.5 Å². The van der Waals surface area contributed by atoms with Gasteiger partial charge in [-0.2, -0.15) is 0 Å². The van der Waals surface area contributed by atoms with Gasteiger partial charge in [0.2, 0.25) is 0 Å². The lowest BCUT2D eigenvalue weighted by atomic mass is 10.1. The van der Waals surface area contributed by atoms with Crippen LogP contribution in [0.1, 0.15) is 16.1 Å². The molecule has 0 atom stereocenters. The van der Waals surface area contributed by atoms with Crippen molar-refractivity contribution in [3.63, 3.8) is 0 Å². The summed E-state index contributed by atoms with van der Waals surface area (Å²) in [6.45, 7) is 0.219. The molecule has 0 spiro atoms. The Balaban J connectivity index is 1.70. The molecular formula is C19H17ClN2O4. The average Bonchev–Trinajstić information content (AvgIpc) is 3.14. The number of carbonyl (C=O) groups excluding carboxylic acids is 1. The standard InChI is InChI=1S/C19H17ClN2O4/c1-24-16-5-3-4-15(18(16)25-2)19(23)21-11-14-10-17(26-22-14)12-6-8-13(20)9-7-12/h3-10H,11H2,1-2H3,(H,21,23). The number of para-hydroxylation sites is 1. The molecule has 0 aliphatic carbocycles. The lowest BCUT2D eigenvalue weighted by Crippen LogP contribution is -2.23. The zero-order valence-electron chi connectivity index (χ0n) is 14.3. The molecule has 26 heavy (non-hydrogen) atoms. The fourth-order valence-electron chi connectivity index (χ4n) is 2.48. The number of rotatable bonds is 6. The Morgan fingerprint density at radius 1 is 1.15 bits per heavy atom. The predicted molar refractivity (Wildman–Crippen MR) is 97.7 cm³/mol. The van der Waals surface area contributed by atoms with Crippen molar-refractivity contribution in [3.05, 3.63) is 64.8 Å². The van der Waals surface area contributed by atoms with Crippen LogP contribution >= 0.6 is 11.6 Å². The van der Waals surface area contributed by atoms with E-state index < -0.39 is 0 Å². The maximum absolute atomic E-state index is 12.5. The second kappa shape index (κ2) is 7.93. The normalized spacial score (nSPS) is 10.4. The van der Waals surface area contributed by atoms with E-state index in [1.165, 1.54) is 14.2 Å². The molecule has 0 aliphatic rings. The summed E-state index contributed by atoms with van der Waals surface area (Å²) in [4.78, 5) is 12.5. The maximum atomic E-state index is 12.5. The number of benzene rings is 2. The minimum atomic E-state index is -0.295. The molecule has 134 valence electrons. The van der Waals surface area contributed by atoms with Crippen molar-refractivity contribution >= 4 is 17.5 Å². The zero-order valence-corrected chi connectivity index (χ0v) is 15.0. The third kappa shape index (κ3) is 3.81. The van der Waals surface area contributed by atoms with E-state index in [1.807, 2.05) is 12.1 Å². The van der Waals surface area contributed by atoms with Gasteiger partial charge in [-0.1, -0.05) is 22.8 Å². The van der Waals surface area contributed by atoms with E-state index in [0.29, 0.717) is 33.5 Å². The highest BCUT2D eigenvalue weighted by Gasteiger charge is 2.16. The molecule has 1 amide bonds. The Bertz CT molecular complexity index is 906. The summed E-state index contributed by atoms with van der Waals surface area (Å²) in [5, 5.41) is 7.42. The molecule has 3 rings (SSSR count). The fourth-order valence-corrected chi connectivity index (χ4v) is 2.60. The summed E-state index contributed by atoms with van der Waals surface area (Å²) in [6, 6.07) is 14.1. The van der Waals surface area contributed by atoms with E-state index in [0.717, 1.165) is 5.56 Å². The van der Waals surface area contributed by atoms with Crippen LogP contribution in [0.5, 0.6) is 11.5 Å². The van der Waals surface area contributed by atoms with Crippen LogP contribution in [-0.2, 0) is 6.54 Å². The Morgan fingerprint density at radius 3 is 2.62 bits per heavy atom. The van der Waals surface area contributed by atoms with Crippen molar-refractivity contribution in [1.82, 2.24) is 10.5 Å². The van der Waals surface area contributed by atoms with Gasteiger partial charge in [0.25, 0.3) is 5.91 Å². The molecule has 0 fully saturated rings. The van der Waals surface area contributed by atoms with E-state index in [4.69, 9.17) is 25.6 Å². The van der Waals surface area contributed by atoms with Gasteiger partial charge in [0.1, 0.15) is 5.69 Å². The highest BCUT2D eigenvalue weighted by Crippen LogP contribution is 2.30. The topological polar surface area (TPSA) is 73.6 Å². The SMILES string of the molecule is COc1cccc(C(=O)NCc2cc(-c3ccc(Cl)cc3)on2)c1OC. The third-order valence-corrected chi connectivity index (χ3v) is 4.02. The van der Waals surface area contributed by atoms with Crippen LogP contribution in [0.2, 0.25) is 5.02 Å². The summed E-state index contributed by atoms with van der Waals surface area (Å²) < 4.78 is 15.8. The lowest BCUT2D eigenvalue weighted by molar-refractivity contribution is 0.0946. The molecule has 2 aromatic carbocycles. The van der Waals surface area contributed by atoms with Crippen molar-refractivity contribution in [3.8, 4) is 22.8 Å². The van der Waals surface area contributed by atoms with E-state index in [-0.39, 0.29) is 12.5 Å². The van der Waals surface area contributed by atoms with E-state index in [9.17, 15) is 4.79 Å². The molecule has 6 nitrogen and oxygen atoms in total. The fraction of sp³-hybridized carbons (Fsp3) is 0.158. The van der Waals surface area contributed by atoms with Crippen molar-refractivity contribution in [2.45, 2.75) is 6.54 Å². The van der Waals surface area contributed by atoms with Crippen molar-refractivity contribution in [2.75, 3.05) is 14.2 Å². The van der Waals surface area contributed by atoms with Crippen LogP contribution in [0, 0.1) is 0 Å². The lowest BCUT2D eigenvalue weighted by Gasteiger charge is -2.12. The highest BCUT2D eigenvalue weighted by atomic mass is 35.5. The molecule has 0 bridgehead atoms. The highest BCUT2D eigenvalue weighted by molar-refractivity contribution is 6.30. The third-order valence-electron chi connectivity index (χ3n) is 3.77. The average molecular weight is 373 g/mol. The Morgan fingerprint density at radius 2 is 1.92 bits per heavy atom. The van der Waals surface area contributed by atoms with Gasteiger partial charge in [-0.25, -0.2) is 0 Å². The molecule has 0 aliphatic heterocycles. The number of nitrogens with zero attached hydrogens (tertiary/aromatic N) is 1. The summed E-state index contributed by atoms with van der Waals surface area (Å²) in [6.07, 6.45) is 0. The Labute approximate surface area is 155 Å². The number of methoxy groups -OCH3 is 2. The van der Waals surface area contributed by atoms with Gasteiger partial charge in [-0.05, 0) is 36.4 Å². The first-order valence-corrected chi connectivity index (χ1v) is 8.21. The molecule has 1 N–H and O–H groups in total. The summed E-state index contributed by atoms with van der Waals surface area (Å²) >= 11 is 5.88. The molecule has 7 heteroatoms. The van der Waals surface area contributed by atoms with Crippen LogP contribution in [0.15, 0.2) is 53.1 Å². The smallest absolute Gasteiger partial charge is 0.255 e. The van der Waals surface area contributed by atoms with Gasteiger partial charge in [-0.15, -0.1) is 0 Å². The van der Waals surface area contributed by atoms with Gasteiger partial charge in [0, 0.05) is 16.7 Å². The first-order valence-electron chi connectivity index (χ1n) is 7.83. The largest absolute Gasteiger partial charge is 0.493 e. The number of aromatic nitrogens is 1. The van der Waals surface area contributed by atoms with Crippen LogP contribution in [0.25, 0.3) is 11.3 Å². The second-order valence-corrected chi connectivity index (χ2v) is 5.85. The van der Waals surface area contributed by atoms with Crippen molar-refractivity contribution in [2.24, 2.45) is 0 Å². The van der Waals surface area contributed by atoms with Gasteiger partial charge >= 0.3 is 0 Å². The number of hydrogen-bond donors (Lipinski definition) is 1. The summed E-state index contributed by atoms with van der Waals surface area (Å²) in [5.74, 6) is 1.18. The van der Waals surface area contributed by atoms with E-state index >= 15 is 0 Å². The molecule has 0 radical (unpaired) electrons. The van der Waals surface area contributed by atoms with Crippen molar-refractivity contribution in [1.29, 1.82) is 0 Å². The van der Waals surface area contributed by atoms with Gasteiger partial charge in [0.15, 0.2) is 17.3 Å². The second-order valence-electron chi connectivity index (χ2n) is 5.41. The van der Waals surface area contributed by atoms with Crippen LogP contribution in [0.4, 0.5) is 0 Å². The van der Waals surface area contributed by atoms with Crippen LogP contribution in [-0.4, -0.2) is 25.3 Å². The van der Waals surface area contributed by atoms with Crippen molar-refractivity contribution < 1.29 is 18.8 Å². The molecular weight excluding hydrogens is 356 g/mol. The van der Waals surface area contributed by atoms with Crippen LogP contribution < -0.4 is 14.8 Å². The Hall–Kier alpha value is -2.99. The summed E-state index contributed by atoms with van der Waals surface area (Å²) in [7, 11) is 3.01. The van der Waals surface area contributed by atoms with Crippen LogP contribution in [0.3, 0.4) is 0 Å². The predicted octanol–water partition coefficient (Wildman–Crippen LogP) is 3.94. The maximum Gasteiger partial charge on any atom is 0.255 e. The Kier molecular flexibility index (Phi) is 5.43. The first kappa shape index (κ1) is 17.8. The molecule has 1 aromatic heterocycles. The number of halogens is 1. The quantitative estimate of drug-likeness (QED) is 0.709. The molecule has 0 saturated carbocycles. The number of nitrogens with one attached hydrogen (secondary N) is 1. The van der Waals surface area contributed by atoms with E-state index in [1.54, 1.807) is 36.4 Å².